The van der Waals surface area contributed by atoms with E-state index in [1.54, 1.807) is 0 Å². The van der Waals surface area contributed by atoms with Crippen molar-refractivity contribution in [2.75, 3.05) is 25.2 Å². The lowest BCUT2D eigenvalue weighted by atomic mass is 9.84. The van der Waals surface area contributed by atoms with Gasteiger partial charge < -0.3 is 19.8 Å². The number of piperidine rings is 1. The predicted molar refractivity (Wildman–Crippen MR) is 153 cm³/mol. The fourth-order valence-corrected chi connectivity index (χ4v) is 6.61. The van der Waals surface area contributed by atoms with Crippen LogP contribution in [0.2, 0.25) is 5.02 Å². The highest BCUT2D eigenvalue weighted by molar-refractivity contribution is 7.90. The number of H-pyrrole nitrogens is 1. The lowest BCUT2D eigenvalue weighted by Gasteiger charge is -2.32. The number of nitrogens with zero attached hydrogens (tertiary/aromatic N) is 1. The molecule has 1 aromatic heterocycles. The predicted octanol–water partition coefficient (Wildman–Crippen LogP) is 5.82. The molecule has 0 bridgehead atoms. The minimum Gasteiger partial charge on any atom is -0.454 e. The van der Waals surface area contributed by atoms with Gasteiger partial charge in [-0.1, -0.05) is 35.9 Å². The van der Waals surface area contributed by atoms with E-state index >= 15 is 0 Å². The van der Waals surface area contributed by atoms with E-state index in [9.17, 15) is 26.4 Å². The monoisotopic (exact) mass is 619 g/mol. The molecule has 0 spiro atoms. The number of aromatic amines is 1. The van der Waals surface area contributed by atoms with Gasteiger partial charge in [0.2, 0.25) is 12.4 Å². The number of halogens is 4. The van der Waals surface area contributed by atoms with E-state index < -0.39 is 15.5 Å². The minimum atomic E-state index is -5.39. The summed E-state index contributed by atoms with van der Waals surface area (Å²) in [6, 6.07) is 20.0. The zero-order valence-corrected chi connectivity index (χ0v) is 23.5. The topological polar surface area (TPSA) is 101 Å². The zero-order chi connectivity index (χ0) is 29.6. The van der Waals surface area contributed by atoms with E-state index in [0.717, 1.165) is 16.7 Å². The van der Waals surface area contributed by atoms with Gasteiger partial charge in [0, 0.05) is 47.2 Å². The number of rotatable bonds is 6. The van der Waals surface area contributed by atoms with Gasteiger partial charge in [0.05, 0.1) is 5.52 Å². The standard InChI is InChI=1S/C29H25ClF3N3O5S/c30-20-5-1-17(2-6-20)28(19-4-8-25-26(14-19)41-16-40-25)18-3-7-23-22(13-18)24(15-27(37)35-23)34-21-9-11-36(12-10-21)42(38,39)29(31,32)33/h1-8,13-15,21,28H,9-12,16H2,(H2,34,35,37). The first kappa shape index (κ1) is 28.4. The van der Waals surface area contributed by atoms with Crippen LogP contribution in [0, 0.1) is 0 Å². The van der Waals surface area contributed by atoms with Gasteiger partial charge in [-0.15, -0.1) is 0 Å². The Morgan fingerprint density at radius 3 is 2.26 bits per heavy atom. The zero-order valence-electron chi connectivity index (χ0n) is 21.9. The van der Waals surface area contributed by atoms with Gasteiger partial charge in [-0.05, 0) is 65.9 Å². The number of hydrogen-bond donors (Lipinski definition) is 2. The number of fused-ring (bicyclic) bond motifs is 2. The summed E-state index contributed by atoms with van der Waals surface area (Å²) in [6.07, 6.45) is 0.293. The lowest BCUT2D eigenvalue weighted by molar-refractivity contribution is -0.0494. The maximum absolute atomic E-state index is 13.0. The Morgan fingerprint density at radius 2 is 1.55 bits per heavy atom. The Kier molecular flexibility index (Phi) is 7.32. The Bertz CT molecular complexity index is 1800. The van der Waals surface area contributed by atoms with Crippen molar-refractivity contribution in [2.45, 2.75) is 30.3 Å². The lowest BCUT2D eigenvalue weighted by Crippen LogP contribution is -2.47. The van der Waals surface area contributed by atoms with Crippen molar-refractivity contribution in [3.8, 4) is 11.5 Å². The molecule has 13 heteroatoms. The third-order valence-electron chi connectivity index (χ3n) is 7.58. The molecule has 1 atom stereocenters. The van der Waals surface area contributed by atoms with Crippen molar-refractivity contribution >= 4 is 38.2 Å². The van der Waals surface area contributed by atoms with Crippen LogP contribution in [0.4, 0.5) is 18.9 Å². The Labute approximate surface area is 244 Å². The molecular weight excluding hydrogens is 595 g/mol. The molecule has 0 aliphatic carbocycles. The first-order valence-electron chi connectivity index (χ1n) is 13.1. The average molecular weight is 620 g/mol. The van der Waals surface area contributed by atoms with Crippen molar-refractivity contribution in [3.05, 3.63) is 98.8 Å². The third-order valence-corrected chi connectivity index (χ3v) is 9.46. The molecule has 1 saturated heterocycles. The second-order valence-electron chi connectivity index (χ2n) is 10.2. The van der Waals surface area contributed by atoms with Crippen molar-refractivity contribution in [1.82, 2.24) is 9.29 Å². The second kappa shape index (κ2) is 10.8. The molecule has 1 fully saturated rings. The van der Waals surface area contributed by atoms with Crippen LogP contribution in [0.3, 0.4) is 0 Å². The summed E-state index contributed by atoms with van der Waals surface area (Å²) in [5.74, 6) is 1.06. The van der Waals surface area contributed by atoms with Crippen LogP contribution in [-0.4, -0.2) is 49.1 Å². The van der Waals surface area contributed by atoms with E-state index in [1.807, 2.05) is 60.7 Å². The number of aromatic nitrogens is 1. The highest BCUT2D eigenvalue weighted by Gasteiger charge is 2.50. The number of pyridine rings is 1. The third kappa shape index (κ3) is 5.41. The summed E-state index contributed by atoms with van der Waals surface area (Å²) < 4.78 is 74.2. The summed E-state index contributed by atoms with van der Waals surface area (Å²) in [5.41, 5.74) is -1.79. The van der Waals surface area contributed by atoms with Crippen molar-refractivity contribution in [1.29, 1.82) is 0 Å². The Morgan fingerprint density at radius 1 is 0.905 bits per heavy atom. The van der Waals surface area contributed by atoms with Gasteiger partial charge in [-0.2, -0.15) is 17.5 Å². The molecule has 3 heterocycles. The first-order chi connectivity index (χ1) is 20.0. The average Bonchev–Trinajstić information content (AvgIpc) is 3.42. The molecule has 0 amide bonds. The molecule has 0 radical (unpaired) electrons. The largest absolute Gasteiger partial charge is 0.511 e. The second-order valence-corrected chi connectivity index (χ2v) is 12.6. The summed E-state index contributed by atoms with van der Waals surface area (Å²) in [4.78, 5) is 15.3. The molecular formula is C29H25ClF3N3O5S. The normalized spacial score (nSPS) is 17.0. The van der Waals surface area contributed by atoms with Gasteiger partial charge in [0.25, 0.3) is 0 Å². The molecule has 2 aliphatic rings. The summed E-state index contributed by atoms with van der Waals surface area (Å²) >= 11 is 6.18. The van der Waals surface area contributed by atoms with Crippen LogP contribution in [-0.2, 0) is 10.0 Å². The maximum atomic E-state index is 13.0. The number of nitrogens with one attached hydrogen (secondary N) is 2. The smallest absolute Gasteiger partial charge is 0.454 e. The van der Waals surface area contributed by atoms with Crippen molar-refractivity contribution in [3.63, 3.8) is 0 Å². The Hall–Kier alpha value is -3.74. The van der Waals surface area contributed by atoms with Gasteiger partial charge in [0.15, 0.2) is 11.5 Å². The van der Waals surface area contributed by atoms with Crippen LogP contribution >= 0.6 is 11.6 Å². The highest BCUT2D eigenvalue weighted by Crippen LogP contribution is 2.40. The summed E-state index contributed by atoms with van der Waals surface area (Å²) in [5, 5.41) is 4.59. The quantitative estimate of drug-likeness (QED) is 0.264. The van der Waals surface area contributed by atoms with E-state index in [4.69, 9.17) is 21.1 Å². The number of alkyl halides is 3. The van der Waals surface area contributed by atoms with Gasteiger partial charge in [0.1, 0.15) is 0 Å². The van der Waals surface area contributed by atoms with Crippen LogP contribution in [0.1, 0.15) is 35.4 Å². The molecule has 8 nitrogen and oxygen atoms in total. The van der Waals surface area contributed by atoms with E-state index in [2.05, 4.69) is 10.3 Å². The molecule has 2 aliphatic heterocycles. The minimum absolute atomic E-state index is 0.143. The molecule has 3 aromatic carbocycles. The van der Waals surface area contributed by atoms with Crippen LogP contribution < -0.4 is 20.3 Å². The molecule has 1 unspecified atom stereocenters. The van der Waals surface area contributed by atoms with E-state index in [0.29, 0.717) is 37.4 Å². The maximum Gasteiger partial charge on any atom is 0.511 e. The number of ether oxygens (including phenoxy) is 2. The first-order valence-corrected chi connectivity index (χ1v) is 15.0. The van der Waals surface area contributed by atoms with E-state index in [-0.39, 0.29) is 50.2 Å². The Balaban J connectivity index is 1.35. The molecule has 4 aromatic rings. The summed E-state index contributed by atoms with van der Waals surface area (Å²) in [6.45, 7) is -0.424. The van der Waals surface area contributed by atoms with Crippen molar-refractivity contribution < 1.29 is 31.1 Å². The van der Waals surface area contributed by atoms with Gasteiger partial charge in [-0.3, -0.25) is 4.79 Å². The van der Waals surface area contributed by atoms with Crippen LogP contribution in [0.15, 0.2) is 71.5 Å². The number of hydrogen-bond acceptors (Lipinski definition) is 6. The molecule has 2 N–H and O–H groups in total. The van der Waals surface area contributed by atoms with Gasteiger partial charge >= 0.3 is 15.5 Å². The fraction of sp³-hybridized carbons (Fsp3) is 0.276. The molecule has 220 valence electrons. The fourth-order valence-electron chi connectivity index (χ4n) is 5.50. The van der Waals surface area contributed by atoms with Crippen LogP contribution in [0.25, 0.3) is 10.9 Å². The number of benzene rings is 3. The molecule has 6 rings (SSSR count). The molecule has 0 saturated carbocycles. The number of anilines is 1. The van der Waals surface area contributed by atoms with Crippen molar-refractivity contribution in [2.24, 2.45) is 0 Å². The van der Waals surface area contributed by atoms with Crippen LogP contribution in [0.5, 0.6) is 11.5 Å². The van der Waals surface area contributed by atoms with E-state index in [1.165, 1.54) is 6.07 Å². The molecule has 42 heavy (non-hydrogen) atoms. The summed E-state index contributed by atoms with van der Waals surface area (Å²) in [7, 11) is -5.39. The number of sulfonamides is 1. The van der Waals surface area contributed by atoms with Gasteiger partial charge in [-0.25, -0.2) is 8.42 Å². The SMILES string of the molecule is O=c1cc(NC2CCN(S(=O)(=O)C(F)(F)F)CC2)c2cc(C(c3ccc(Cl)cc3)c3ccc4c(c3)OCO4)ccc2[nH]1. The highest BCUT2D eigenvalue weighted by atomic mass is 35.5.